The van der Waals surface area contributed by atoms with Gasteiger partial charge in [0, 0.05) is 12.5 Å². The quantitative estimate of drug-likeness (QED) is 0.902. The van der Waals surface area contributed by atoms with Gasteiger partial charge in [-0.2, -0.15) is 0 Å². The van der Waals surface area contributed by atoms with Crippen LogP contribution in [0.5, 0.6) is 11.5 Å². The molecule has 2 atom stereocenters. The number of piperidine rings is 1. The Balaban J connectivity index is 1.66. The fraction of sp³-hybridized carbons (Fsp3) is 0.333. The van der Waals surface area contributed by atoms with Gasteiger partial charge in [0.1, 0.15) is 11.5 Å². The Morgan fingerprint density at radius 3 is 2.38 bits per heavy atom. The lowest BCUT2D eigenvalue weighted by molar-refractivity contribution is 0.0921. The maximum absolute atomic E-state index is 10.4. The van der Waals surface area contributed by atoms with Gasteiger partial charge in [-0.1, -0.05) is 30.3 Å². The summed E-state index contributed by atoms with van der Waals surface area (Å²) < 4.78 is 5.76. The third-order valence-corrected chi connectivity index (χ3v) is 3.98. The number of aliphatic hydroxyl groups is 1. The average Bonchev–Trinajstić information content (AvgIpc) is 2.57. The van der Waals surface area contributed by atoms with Crippen molar-refractivity contribution in [1.29, 1.82) is 0 Å². The zero-order valence-corrected chi connectivity index (χ0v) is 12.0. The third kappa shape index (κ3) is 3.63. The zero-order chi connectivity index (χ0) is 14.5. The molecule has 2 unspecified atom stereocenters. The van der Waals surface area contributed by atoms with Crippen molar-refractivity contribution in [3.05, 3.63) is 60.2 Å². The number of nitrogens with one attached hydrogen (secondary N) is 1. The minimum absolute atomic E-state index is 0.305. The summed E-state index contributed by atoms with van der Waals surface area (Å²) in [5.41, 5.74) is 0.962. The Morgan fingerprint density at radius 1 is 1.00 bits per heavy atom. The van der Waals surface area contributed by atoms with Crippen molar-refractivity contribution in [2.24, 2.45) is 5.92 Å². The van der Waals surface area contributed by atoms with Crippen molar-refractivity contribution in [2.45, 2.75) is 18.9 Å². The molecule has 0 radical (unpaired) electrons. The highest BCUT2D eigenvalue weighted by Crippen LogP contribution is 2.29. The minimum atomic E-state index is -0.399. The first-order valence-electron chi connectivity index (χ1n) is 7.54. The van der Waals surface area contributed by atoms with E-state index >= 15 is 0 Å². The van der Waals surface area contributed by atoms with E-state index in [0.717, 1.165) is 43.0 Å². The summed E-state index contributed by atoms with van der Waals surface area (Å²) in [6.45, 7) is 1.95. The van der Waals surface area contributed by atoms with Gasteiger partial charge in [0.25, 0.3) is 0 Å². The molecule has 1 aliphatic heterocycles. The zero-order valence-electron chi connectivity index (χ0n) is 12.0. The number of para-hydroxylation sites is 1. The van der Waals surface area contributed by atoms with Gasteiger partial charge >= 0.3 is 0 Å². The standard InChI is InChI=1S/C18H21NO2/c20-18(15-5-4-12-19-13-15)14-8-10-17(11-9-14)21-16-6-2-1-3-7-16/h1-3,6-11,15,18-20H,4-5,12-13H2. The monoisotopic (exact) mass is 283 g/mol. The number of rotatable bonds is 4. The van der Waals surface area contributed by atoms with E-state index in [2.05, 4.69) is 5.32 Å². The van der Waals surface area contributed by atoms with Crippen LogP contribution < -0.4 is 10.1 Å². The van der Waals surface area contributed by atoms with E-state index in [9.17, 15) is 5.11 Å². The van der Waals surface area contributed by atoms with Crippen molar-refractivity contribution in [3.63, 3.8) is 0 Å². The Hall–Kier alpha value is -1.84. The van der Waals surface area contributed by atoms with Crippen LogP contribution in [0.15, 0.2) is 54.6 Å². The highest BCUT2D eigenvalue weighted by molar-refractivity contribution is 5.33. The van der Waals surface area contributed by atoms with Crippen molar-refractivity contribution in [3.8, 4) is 11.5 Å². The first-order valence-corrected chi connectivity index (χ1v) is 7.54. The normalized spacial score (nSPS) is 20.0. The number of hydrogen-bond donors (Lipinski definition) is 2. The van der Waals surface area contributed by atoms with Crippen LogP contribution in [0.1, 0.15) is 24.5 Å². The van der Waals surface area contributed by atoms with E-state index in [0.29, 0.717) is 5.92 Å². The van der Waals surface area contributed by atoms with Gasteiger partial charge in [-0.15, -0.1) is 0 Å². The van der Waals surface area contributed by atoms with E-state index in [1.165, 1.54) is 0 Å². The number of benzene rings is 2. The topological polar surface area (TPSA) is 41.5 Å². The second-order valence-corrected chi connectivity index (χ2v) is 5.54. The lowest BCUT2D eigenvalue weighted by atomic mass is 9.89. The van der Waals surface area contributed by atoms with Crippen molar-refractivity contribution in [1.82, 2.24) is 5.32 Å². The average molecular weight is 283 g/mol. The van der Waals surface area contributed by atoms with Crippen molar-refractivity contribution in [2.75, 3.05) is 13.1 Å². The predicted molar refractivity (Wildman–Crippen MR) is 83.5 cm³/mol. The molecule has 21 heavy (non-hydrogen) atoms. The van der Waals surface area contributed by atoms with Gasteiger partial charge in [0.05, 0.1) is 6.10 Å². The van der Waals surface area contributed by atoms with Gasteiger partial charge in [0.2, 0.25) is 0 Å². The Kier molecular flexibility index (Phi) is 4.53. The van der Waals surface area contributed by atoms with Crippen LogP contribution in [0.4, 0.5) is 0 Å². The van der Waals surface area contributed by atoms with Crippen LogP contribution >= 0.6 is 0 Å². The summed E-state index contributed by atoms with van der Waals surface area (Å²) in [4.78, 5) is 0. The molecule has 3 nitrogen and oxygen atoms in total. The maximum atomic E-state index is 10.4. The molecule has 3 heteroatoms. The molecule has 0 spiro atoms. The molecule has 0 amide bonds. The third-order valence-electron chi connectivity index (χ3n) is 3.98. The van der Waals surface area contributed by atoms with E-state index in [1.54, 1.807) is 0 Å². The molecule has 0 saturated carbocycles. The second-order valence-electron chi connectivity index (χ2n) is 5.54. The summed E-state index contributed by atoms with van der Waals surface area (Å²) in [5, 5.41) is 13.8. The molecule has 1 heterocycles. The van der Waals surface area contributed by atoms with Crippen LogP contribution in [-0.4, -0.2) is 18.2 Å². The largest absolute Gasteiger partial charge is 0.457 e. The molecule has 1 aliphatic rings. The first kappa shape index (κ1) is 14.1. The minimum Gasteiger partial charge on any atom is -0.457 e. The predicted octanol–water partition coefficient (Wildman–Crippen LogP) is 3.51. The van der Waals surface area contributed by atoms with Gasteiger partial charge < -0.3 is 15.2 Å². The highest BCUT2D eigenvalue weighted by Gasteiger charge is 2.22. The van der Waals surface area contributed by atoms with E-state index in [-0.39, 0.29) is 0 Å². The molecule has 0 bridgehead atoms. The molecule has 0 aromatic heterocycles. The van der Waals surface area contributed by atoms with E-state index < -0.39 is 6.10 Å². The first-order chi connectivity index (χ1) is 10.3. The molecular formula is C18H21NO2. The number of aliphatic hydroxyl groups excluding tert-OH is 1. The summed E-state index contributed by atoms with van der Waals surface area (Å²) in [7, 11) is 0. The highest BCUT2D eigenvalue weighted by atomic mass is 16.5. The fourth-order valence-corrected chi connectivity index (χ4v) is 2.78. The summed E-state index contributed by atoms with van der Waals surface area (Å²) >= 11 is 0. The Morgan fingerprint density at radius 2 is 1.71 bits per heavy atom. The maximum Gasteiger partial charge on any atom is 0.127 e. The fourth-order valence-electron chi connectivity index (χ4n) is 2.78. The Labute approximate surface area is 125 Å². The summed E-state index contributed by atoms with van der Waals surface area (Å²) in [6, 6.07) is 17.5. The van der Waals surface area contributed by atoms with Gasteiger partial charge in [0.15, 0.2) is 0 Å². The number of hydrogen-bond acceptors (Lipinski definition) is 3. The van der Waals surface area contributed by atoms with Crippen LogP contribution in [0.2, 0.25) is 0 Å². The SMILES string of the molecule is OC(c1ccc(Oc2ccccc2)cc1)C1CCCNC1. The smallest absolute Gasteiger partial charge is 0.127 e. The lowest BCUT2D eigenvalue weighted by Crippen LogP contribution is -2.33. The molecule has 3 rings (SSSR count). The van der Waals surface area contributed by atoms with Crippen LogP contribution in [0, 0.1) is 5.92 Å². The molecule has 2 N–H and O–H groups in total. The number of ether oxygens (including phenoxy) is 1. The van der Waals surface area contributed by atoms with Crippen LogP contribution in [0.3, 0.4) is 0 Å². The van der Waals surface area contributed by atoms with Gasteiger partial charge in [-0.05, 0) is 49.2 Å². The van der Waals surface area contributed by atoms with Crippen molar-refractivity contribution >= 4 is 0 Å². The molecule has 0 aliphatic carbocycles. The van der Waals surface area contributed by atoms with Crippen LogP contribution in [-0.2, 0) is 0 Å². The van der Waals surface area contributed by atoms with Gasteiger partial charge in [-0.3, -0.25) is 0 Å². The van der Waals surface area contributed by atoms with Crippen molar-refractivity contribution < 1.29 is 9.84 Å². The molecule has 2 aromatic carbocycles. The molecule has 2 aromatic rings. The van der Waals surface area contributed by atoms with E-state index in [4.69, 9.17) is 4.74 Å². The lowest BCUT2D eigenvalue weighted by Gasteiger charge is -2.27. The van der Waals surface area contributed by atoms with Crippen LogP contribution in [0.25, 0.3) is 0 Å². The summed E-state index contributed by atoms with van der Waals surface area (Å²) in [5.74, 6) is 1.92. The van der Waals surface area contributed by atoms with E-state index in [1.807, 2.05) is 54.6 Å². The molecule has 1 saturated heterocycles. The summed E-state index contributed by atoms with van der Waals surface area (Å²) in [6.07, 6.45) is 1.82. The molecule has 110 valence electrons. The molecule has 1 fully saturated rings. The second kappa shape index (κ2) is 6.74. The molecular weight excluding hydrogens is 262 g/mol. The Bertz CT molecular complexity index is 547. The van der Waals surface area contributed by atoms with Gasteiger partial charge in [-0.25, -0.2) is 0 Å².